The highest BCUT2D eigenvalue weighted by Gasteiger charge is 2.17. The molecule has 1 aliphatic carbocycles. The van der Waals surface area contributed by atoms with E-state index in [0.717, 1.165) is 36.0 Å². The molecule has 2 aromatic rings. The van der Waals surface area contributed by atoms with E-state index in [1.807, 2.05) is 24.4 Å². The largest absolute Gasteiger partial charge is 0.383 e. The summed E-state index contributed by atoms with van der Waals surface area (Å²) in [4.78, 5) is 12.3. The van der Waals surface area contributed by atoms with E-state index in [1.54, 1.807) is 7.11 Å². The van der Waals surface area contributed by atoms with Gasteiger partial charge in [-0.05, 0) is 18.9 Å². The fourth-order valence-electron chi connectivity index (χ4n) is 3.31. The number of methoxy groups -OCH3 is 1. The number of nitrogens with one attached hydrogen (secondary N) is 2. The lowest BCUT2D eigenvalue weighted by atomic mass is 9.96. The second-order valence-corrected chi connectivity index (χ2v) is 6.18. The molecule has 1 aliphatic rings. The fraction of sp³-hybridized carbons (Fsp3) is 0.500. The van der Waals surface area contributed by atoms with Crippen LogP contribution in [-0.4, -0.2) is 30.4 Å². The number of amides is 2. The van der Waals surface area contributed by atoms with Crippen LogP contribution in [0.25, 0.3) is 10.9 Å². The maximum Gasteiger partial charge on any atom is 0.319 e. The lowest BCUT2D eigenvalue weighted by Crippen LogP contribution is -2.38. The Balaban J connectivity index is 1.72. The van der Waals surface area contributed by atoms with Crippen LogP contribution in [0, 0.1) is 0 Å². The fourth-order valence-corrected chi connectivity index (χ4v) is 3.31. The molecule has 2 amide bonds. The van der Waals surface area contributed by atoms with Crippen LogP contribution in [0.2, 0.25) is 0 Å². The zero-order valence-corrected chi connectivity index (χ0v) is 13.7. The molecule has 5 heteroatoms. The van der Waals surface area contributed by atoms with Gasteiger partial charge < -0.3 is 19.9 Å². The maximum atomic E-state index is 12.3. The molecule has 124 valence electrons. The summed E-state index contributed by atoms with van der Waals surface area (Å²) in [6.07, 6.45) is 7.87. The number of urea groups is 1. The van der Waals surface area contributed by atoms with Crippen LogP contribution in [0.1, 0.15) is 32.1 Å². The van der Waals surface area contributed by atoms with Crippen molar-refractivity contribution < 1.29 is 9.53 Å². The minimum Gasteiger partial charge on any atom is -0.383 e. The van der Waals surface area contributed by atoms with Crippen LogP contribution in [0.5, 0.6) is 0 Å². The van der Waals surface area contributed by atoms with Crippen LogP contribution in [0.15, 0.2) is 30.5 Å². The van der Waals surface area contributed by atoms with E-state index in [0.29, 0.717) is 12.6 Å². The number of nitrogens with zero attached hydrogens (tertiary/aromatic N) is 1. The molecule has 0 saturated heterocycles. The Kier molecular flexibility index (Phi) is 5.18. The Morgan fingerprint density at radius 2 is 2.04 bits per heavy atom. The number of aromatic nitrogens is 1. The molecule has 1 fully saturated rings. The molecular weight excluding hydrogens is 290 g/mol. The Labute approximate surface area is 137 Å². The molecule has 0 bridgehead atoms. The maximum absolute atomic E-state index is 12.3. The summed E-state index contributed by atoms with van der Waals surface area (Å²) in [5.74, 6) is 0. The van der Waals surface area contributed by atoms with Crippen LogP contribution in [0.3, 0.4) is 0 Å². The van der Waals surface area contributed by atoms with E-state index >= 15 is 0 Å². The SMILES string of the molecule is COCCn1cc(NC(=O)NC2CCCCC2)c2ccccc21. The number of ether oxygens (including phenoxy) is 1. The first-order valence-electron chi connectivity index (χ1n) is 8.42. The molecule has 2 N–H and O–H groups in total. The normalized spacial score (nSPS) is 15.7. The van der Waals surface area contributed by atoms with Gasteiger partial charge in [-0.15, -0.1) is 0 Å². The first-order valence-corrected chi connectivity index (χ1v) is 8.42. The van der Waals surface area contributed by atoms with Gasteiger partial charge >= 0.3 is 6.03 Å². The predicted molar refractivity (Wildman–Crippen MR) is 92.8 cm³/mol. The van der Waals surface area contributed by atoms with E-state index in [2.05, 4.69) is 21.3 Å². The number of carbonyl (C=O) groups excluding carboxylic acids is 1. The van der Waals surface area contributed by atoms with Crippen LogP contribution >= 0.6 is 0 Å². The van der Waals surface area contributed by atoms with Crippen molar-refractivity contribution >= 4 is 22.6 Å². The van der Waals surface area contributed by atoms with E-state index in [-0.39, 0.29) is 6.03 Å². The van der Waals surface area contributed by atoms with Crippen LogP contribution in [0.4, 0.5) is 10.5 Å². The first kappa shape index (κ1) is 15.9. The molecule has 1 aromatic heterocycles. The zero-order chi connectivity index (χ0) is 16.1. The summed E-state index contributed by atoms with van der Waals surface area (Å²) < 4.78 is 7.29. The first-order chi connectivity index (χ1) is 11.3. The summed E-state index contributed by atoms with van der Waals surface area (Å²) in [7, 11) is 1.70. The average molecular weight is 315 g/mol. The minimum absolute atomic E-state index is 0.105. The van der Waals surface area contributed by atoms with E-state index in [1.165, 1.54) is 19.3 Å². The van der Waals surface area contributed by atoms with E-state index < -0.39 is 0 Å². The summed E-state index contributed by atoms with van der Waals surface area (Å²) in [5, 5.41) is 7.18. The van der Waals surface area contributed by atoms with Gasteiger partial charge in [-0.3, -0.25) is 0 Å². The number of hydrogen-bond acceptors (Lipinski definition) is 2. The van der Waals surface area contributed by atoms with Gasteiger partial charge in [-0.2, -0.15) is 0 Å². The Hall–Kier alpha value is -2.01. The molecule has 0 unspecified atom stereocenters. The van der Waals surface area contributed by atoms with Crippen molar-refractivity contribution in [3.05, 3.63) is 30.5 Å². The zero-order valence-electron chi connectivity index (χ0n) is 13.7. The van der Waals surface area contributed by atoms with Crippen molar-refractivity contribution in [1.82, 2.24) is 9.88 Å². The third-order valence-corrected chi connectivity index (χ3v) is 4.51. The highest BCUT2D eigenvalue weighted by Crippen LogP contribution is 2.26. The molecule has 23 heavy (non-hydrogen) atoms. The lowest BCUT2D eigenvalue weighted by molar-refractivity contribution is 0.188. The summed E-state index contributed by atoms with van der Waals surface area (Å²) in [6.45, 7) is 1.41. The van der Waals surface area contributed by atoms with Gasteiger partial charge in [-0.25, -0.2) is 4.79 Å². The van der Waals surface area contributed by atoms with Gasteiger partial charge in [0.2, 0.25) is 0 Å². The van der Waals surface area contributed by atoms with Crippen molar-refractivity contribution in [3.63, 3.8) is 0 Å². The molecule has 0 radical (unpaired) electrons. The van der Waals surface area contributed by atoms with Crippen molar-refractivity contribution in [1.29, 1.82) is 0 Å². The summed E-state index contributed by atoms with van der Waals surface area (Å²) >= 11 is 0. The third kappa shape index (κ3) is 3.85. The van der Waals surface area contributed by atoms with Gasteiger partial charge in [0.05, 0.1) is 17.8 Å². The van der Waals surface area contributed by atoms with Gasteiger partial charge in [0, 0.05) is 31.3 Å². The van der Waals surface area contributed by atoms with Crippen molar-refractivity contribution in [2.24, 2.45) is 0 Å². The number of hydrogen-bond donors (Lipinski definition) is 2. The Morgan fingerprint density at radius 1 is 1.26 bits per heavy atom. The smallest absolute Gasteiger partial charge is 0.319 e. The lowest BCUT2D eigenvalue weighted by Gasteiger charge is -2.22. The monoisotopic (exact) mass is 315 g/mol. The number of benzene rings is 1. The number of fused-ring (bicyclic) bond motifs is 1. The van der Waals surface area contributed by atoms with E-state index in [4.69, 9.17) is 4.74 Å². The quantitative estimate of drug-likeness (QED) is 0.883. The number of rotatable bonds is 5. The number of para-hydroxylation sites is 1. The molecule has 0 spiro atoms. The number of anilines is 1. The molecule has 1 saturated carbocycles. The van der Waals surface area contributed by atoms with Crippen molar-refractivity contribution in [3.8, 4) is 0 Å². The third-order valence-electron chi connectivity index (χ3n) is 4.51. The van der Waals surface area contributed by atoms with Gasteiger partial charge in [-0.1, -0.05) is 37.5 Å². The molecule has 0 aliphatic heterocycles. The van der Waals surface area contributed by atoms with Crippen molar-refractivity contribution in [2.45, 2.75) is 44.7 Å². The average Bonchev–Trinajstić information content (AvgIpc) is 2.92. The molecule has 5 nitrogen and oxygen atoms in total. The Bertz CT molecular complexity index is 659. The minimum atomic E-state index is -0.105. The number of carbonyl (C=O) groups is 1. The molecular formula is C18H25N3O2. The predicted octanol–water partition coefficient (Wildman–Crippen LogP) is 3.74. The standard InChI is InChI=1S/C18H25N3O2/c1-23-12-11-21-13-16(15-9-5-6-10-17(15)21)20-18(22)19-14-7-3-2-4-8-14/h5-6,9-10,13-14H,2-4,7-8,11-12H2,1H3,(H2,19,20,22). The van der Waals surface area contributed by atoms with Gasteiger partial charge in [0.15, 0.2) is 0 Å². The Morgan fingerprint density at radius 3 is 2.83 bits per heavy atom. The second kappa shape index (κ2) is 7.51. The van der Waals surface area contributed by atoms with Crippen LogP contribution < -0.4 is 10.6 Å². The van der Waals surface area contributed by atoms with Crippen LogP contribution in [-0.2, 0) is 11.3 Å². The molecule has 3 rings (SSSR count). The second-order valence-electron chi connectivity index (χ2n) is 6.18. The topological polar surface area (TPSA) is 55.3 Å². The highest BCUT2D eigenvalue weighted by atomic mass is 16.5. The summed E-state index contributed by atoms with van der Waals surface area (Å²) in [5.41, 5.74) is 1.96. The molecule has 1 aromatic carbocycles. The molecule has 1 heterocycles. The van der Waals surface area contributed by atoms with Crippen molar-refractivity contribution in [2.75, 3.05) is 19.0 Å². The highest BCUT2D eigenvalue weighted by molar-refractivity contribution is 6.01. The summed E-state index contributed by atoms with van der Waals surface area (Å²) in [6, 6.07) is 8.31. The van der Waals surface area contributed by atoms with Gasteiger partial charge in [0.25, 0.3) is 0 Å². The van der Waals surface area contributed by atoms with E-state index in [9.17, 15) is 4.79 Å². The van der Waals surface area contributed by atoms with Gasteiger partial charge in [0.1, 0.15) is 0 Å². The molecule has 0 atom stereocenters.